The van der Waals surface area contributed by atoms with Crippen LogP contribution in [0.3, 0.4) is 0 Å². The largest absolute Gasteiger partial charge is 0.497 e. The highest BCUT2D eigenvalue weighted by Gasteiger charge is 2.37. The highest BCUT2D eigenvalue weighted by atomic mass is 16.5. The van der Waals surface area contributed by atoms with E-state index in [-0.39, 0.29) is 17.9 Å². The van der Waals surface area contributed by atoms with Gasteiger partial charge in [-0.3, -0.25) is 14.5 Å². The minimum Gasteiger partial charge on any atom is -0.497 e. The number of carbonyl (C=O) groups excluding carboxylic acids is 2. The molecular weight excluding hydrogens is 460 g/mol. The first-order chi connectivity index (χ1) is 17.5. The summed E-state index contributed by atoms with van der Waals surface area (Å²) in [6.07, 6.45) is 5.61. The second-order valence-corrected chi connectivity index (χ2v) is 9.20. The number of benzene rings is 1. The summed E-state index contributed by atoms with van der Waals surface area (Å²) in [7, 11) is 1.58. The van der Waals surface area contributed by atoms with Crippen LogP contribution < -0.4 is 10.1 Å². The van der Waals surface area contributed by atoms with Crippen LogP contribution in [0.5, 0.6) is 5.75 Å². The molecule has 5 rings (SSSR count). The Labute approximate surface area is 209 Å². The van der Waals surface area contributed by atoms with E-state index in [1.54, 1.807) is 50.6 Å². The first kappa shape index (κ1) is 23.9. The molecule has 0 aliphatic carbocycles. The quantitative estimate of drug-likeness (QED) is 0.558. The fraction of sp³-hybridized carbons (Fsp3) is 0.423. The first-order valence-corrected chi connectivity index (χ1v) is 12.3. The topological polar surface area (TPSA) is 114 Å². The van der Waals surface area contributed by atoms with Crippen molar-refractivity contribution in [1.29, 1.82) is 0 Å². The zero-order valence-corrected chi connectivity index (χ0v) is 20.5. The lowest BCUT2D eigenvalue weighted by Crippen LogP contribution is -2.46. The number of pyridine rings is 1. The highest BCUT2D eigenvalue weighted by Crippen LogP contribution is 2.36. The predicted octanol–water partition coefficient (Wildman–Crippen LogP) is 3.54. The number of nitrogens with one attached hydrogen (secondary N) is 1. The molecule has 2 fully saturated rings. The van der Waals surface area contributed by atoms with Crippen molar-refractivity contribution >= 4 is 17.6 Å². The van der Waals surface area contributed by atoms with Crippen LogP contribution in [0.1, 0.15) is 54.9 Å². The number of piperidine rings is 1. The molecule has 1 aromatic carbocycles. The third-order valence-corrected chi connectivity index (χ3v) is 7.02. The zero-order valence-electron chi connectivity index (χ0n) is 20.5. The number of rotatable bonds is 6. The third kappa shape index (κ3) is 5.08. The normalized spacial score (nSPS) is 18.8. The molecule has 10 nitrogen and oxygen atoms in total. The maximum atomic E-state index is 12.5. The zero-order chi connectivity index (χ0) is 25.1. The molecule has 0 unspecified atom stereocenters. The summed E-state index contributed by atoms with van der Waals surface area (Å²) >= 11 is 0. The molecule has 2 saturated heterocycles. The van der Waals surface area contributed by atoms with Gasteiger partial charge in [-0.25, -0.2) is 4.98 Å². The summed E-state index contributed by atoms with van der Waals surface area (Å²) < 4.78 is 10.8. The molecule has 1 atom stereocenters. The number of likely N-dealkylation sites (tertiary alicyclic amines) is 2. The second kappa shape index (κ2) is 10.4. The maximum Gasteiger partial charge on any atom is 0.256 e. The van der Waals surface area contributed by atoms with E-state index in [0.29, 0.717) is 40.5 Å². The number of hydrogen-bond acceptors (Lipinski definition) is 8. The molecule has 0 radical (unpaired) electrons. The number of aromatic nitrogens is 3. The maximum absolute atomic E-state index is 12.5. The van der Waals surface area contributed by atoms with Crippen molar-refractivity contribution in [3.05, 3.63) is 54.0 Å². The predicted molar refractivity (Wildman–Crippen MR) is 132 cm³/mol. The number of anilines is 1. The molecule has 4 heterocycles. The van der Waals surface area contributed by atoms with Gasteiger partial charge in [0, 0.05) is 43.4 Å². The molecule has 2 aliphatic heterocycles. The molecule has 2 aliphatic rings. The average molecular weight is 491 g/mol. The number of methoxy groups -OCH3 is 1. The molecule has 10 heteroatoms. The van der Waals surface area contributed by atoms with Gasteiger partial charge in [-0.05, 0) is 68.6 Å². The van der Waals surface area contributed by atoms with Gasteiger partial charge in [0.25, 0.3) is 5.91 Å². The lowest BCUT2D eigenvalue weighted by molar-refractivity contribution is -0.130. The number of hydrogen-bond donors (Lipinski definition) is 1. The van der Waals surface area contributed by atoms with E-state index < -0.39 is 0 Å². The summed E-state index contributed by atoms with van der Waals surface area (Å²) in [6, 6.07) is 10.9. The van der Waals surface area contributed by atoms with Crippen molar-refractivity contribution in [2.75, 3.05) is 32.1 Å². The molecule has 1 N–H and O–H groups in total. The van der Waals surface area contributed by atoms with Crippen molar-refractivity contribution in [2.45, 2.75) is 44.7 Å². The van der Waals surface area contributed by atoms with Gasteiger partial charge in [-0.15, -0.1) is 0 Å². The summed E-state index contributed by atoms with van der Waals surface area (Å²) in [5.41, 5.74) is 1.23. The standard InChI is InChI=1S/C26H30N6O4/c1-17(33)31-14-11-20(12-15-31)32-13-3-4-22(32)26-29-24(30-36-26)19-7-10-23(27-16-19)28-25(34)18-5-8-21(35-2)9-6-18/h5-10,16,20,22H,3-4,11-15H2,1-2H3,(H,27,28,34)/t22-/m0/s1. The molecule has 36 heavy (non-hydrogen) atoms. The molecule has 2 aromatic heterocycles. The molecule has 0 saturated carbocycles. The SMILES string of the molecule is COc1ccc(C(=O)Nc2ccc(-c3noc([C@@H]4CCCN4C4CCN(C(C)=O)CC4)n3)cn2)cc1. The Balaban J connectivity index is 1.22. The Morgan fingerprint density at radius 2 is 1.83 bits per heavy atom. The van der Waals surface area contributed by atoms with Gasteiger partial charge in [0.1, 0.15) is 11.6 Å². The van der Waals surface area contributed by atoms with Gasteiger partial charge < -0.3 is 19.5 Å². The number of ether oxygens (including phenoxy) is 1. The van der Waals surface area contributed by atoms with E-state index in [1.807, 2.05) is 11.0 Å². The molecule has 0 spiro atoms. The van der Waals surface area contributed by atoms with Gasteiger partial charge in [0.05, 0.1) is 13.2 Å². The van der Waals surface area contributed by atoms with Gasteiger partial charge in [-0.1, -0.05) is 5.16 Å². The van der Waals surface area contributed by atoms with Crippen LogP contribution >= 0.6 is 0 Å². The van der Waals surface area contributed by atoms with E-state index >= 15 is 0 Å². The molecule has 188 valence electrons. The van der Waals surface area contributed by atoms with E-state index in [0.717, 1.165) is 45.3 Å². The Morgan fingerprint density at radius 1 is 1.06 bits per heavy atom. The molecular formula is C26H30N6O4. The smallest absolute Gasteiger partial charge is 0.256 e. The van der Waals surface area contributed by atoms with Crippen LogP contribution in [0.2, 0.25) is 0 Å². The Bertz CT molecular complexity index is 1200. The first-order valence-electron chi connectivity index (χ1n) is 12.3. The van der Waals surface area contributed by atoms with E-state index in [2.05, 4.69) is 25.3 Å². The van der Waals surface area contributed by atoms with Gasteiger partial charge in [-0.2, -0.15) is 4.98 Å². The highest BCUT2D eigenvalue weighted by molar-refractivity contribution is 6.03. The summed E-state index contributed by atoms with van der Waals surface area (Å²) in [6.45, 7) is 4.23. The van der Waals surface area contributed by atoms with Crippen LogP contribution in [0.15, 0.2) is 47.1 Å². The minimum atomic E-state index is -0.254. The third-order valence-electron chi connectivity index (χ3n) is 7.02. The molecule has 0 bridgehead atoms. The fourth-order valence-electron chi connectivity index (χ4n) is 5.02. The van der Waals surface area contributed by atoms with Crippen molar-refractivity contribution in [2.24, 2.45) is 0 Å². The van der Waals surface area contributed by atoms with Crippen LogP contribution in [0.4, 0.5) is 5.82 Å². The lowest BCUT2D eigenvalue weighted by Gasteiger charge is -2.38. The van der Waals surface area contributed by atoms with E-state index in [4.69, 9.17) is 9.26 Å². The van der Waals surface area contributed by atoms with Crippen molar-refractivity contribution in [1.82, 2.24) is 24.9 Å². The van der Waals surface area contributed by atoms with Gasteiger partial charge in [0.15, 0.2) is 0 Å². The summed E-state index contributed by atoms with van der Waals surface area (Å²) in [4.78, 5) is 37.5. The number of amides is 2. The van der Waals surface area contributed by atoms with E-state index in [9.17, 15) is 9.59 Å². The number of nitrogens with zero attached hydrogens (tertiary/aromatic N) is 5. The van der Waals surface area contributed by atoms with Crippen molar-refractivity contribution in [3.63, 3.8) is 0 Å². The minimum absolute atomic E-state index is 0.0937. The Morgan fingerprint density at radius 3 is 2.50 bits per heavy atom. The van der Waals surface area contributed by atoms with Gasteiger partial charge >= 0.3 is 0 Å². The second-order valence-electron chi connectivity index (χ2n) is 9.20. The molecule has 3 aromatic rings. The van der Waals surface area contributed by atoms with Gasteiger partial charge in [0.2, 0.25) is 17.6 Å². The van der Waals surface area contributed by atoms with Crippen LogP contribution in [-0.4, -0.2) is 69.5 Å². The number of carbonyl (C=O) groups is 2. The van der Waals surface area contributed by atoms with Crippen LogP contribution in [-0.2, 0) is 4.79 Å². The summed E-state index contributed by atoms with van der Waals surface area (Å²) in [5, 5.41) is 6.99. The van der Waals surface area contributed by atoms with E-state index in [1.165, 1.54) is 0 Å². The fourth-order valence-corrected chi connectivity index (χ4v) is 5.02. The average Bonchev–Trinajstić information content (AvgIpc) is 3.59. The van der Waals surface area contributed by atoms with Crippen molar-refractivity contribution < 1.29 is 18.8 Å². The molecule has 2 amide bonds. The lowest BCUT2D eigenvalue weighted by atomic mass is 10.0. The summed E-state index contributed by atoms with van der Waals surface area (Å²) in [5.74, 6) is 2.11. The van der Waals surface area contributed by atoms with Crippen molar-refractivity contribution in [3.8, 4) is 17.1 Å². The Kier molecular flexibility index (Phi) is 6.95. The van der Waals surface area contributed by atoms with Crippen LogP contribution in [0.25, 0.3) is 11.4 Å². The van der Waals surface area contributed by atoms with Crippen LogP contribution in [0, 0.1) is 0 Å². The Hall–Kier alpha value is -3.79. The monoisotopic (exact) mass is 490 g/mol.